The predicted molar refractivity (Wildman–Crippen MR) is 41.0 cm³/mol. The summed E-state index contributed by atoms with van der Waals surface area (Å²) in [5.74, 6) is 1.91. The Hall–Kier alpha value is -0.800. The Morgan fingerprint density at radius 2 is 2.36 bits per heavy atom. The van der Waals surface area contributed by atoms with Gasteiger partial charge in [-0.1, -0.05) is 0 Å². The molecule has 0 aromatic carbocycles. The number of hydrogen-bond donors (Lipinski definition) is 2. The molecule has 3 N–H and O–H groups in total. The van der Waals surface area contributed by atoms with E-state index in [9.17, 15) is 0 Å². The number of aliphatic hydroxyl groups excluding tert-OH is 1. The minimum absolute atomic E-state index is 0.222. The highest BCUT2D eigenvalue weighted by Crippen LogP contribution is 2.03. The van der Waals surface area contributed by atoms with Crippen LogP contribution in [0.4, 0.5) is 0 Å². The number of nitrogens with two attached hydrogens (primary N) is 1. The Kier molecular flexibility index (Phi) is 3.14. The molecule has 1 rings (SSSR count). The minimum atomic E-state index is 0.222. The average Bonchev–Trinajstić information content (AvgIpc) is 2.37. The van der Waals surface area contributed by atoms with E-state index in [0.29, 0.717) is 0 Å². The van der Waals surface area contributed by atoms with Gasteiger partial charge < -0.3 is 14.8 Å². The number of quaternary nitrogens is 1. The second-order valence-corrected chi connectivity index (χ2v) is 2.52. The van der Waals surface area contributed by atoms with Gasteiger partial charge in [0.2, 0.25) is 0 Å². The molecule has 3 heteroatoms. The summed E-state index contributed by atoms with van der Waals surface area (Å²) in [6.45, 7) is 3.70. The lowest BCUT2D eigenvalue weighted by Gasteiger charge is -1.94. The second kappa shape index (κ2) is 4.16. The van der Waals surface area contributed by atoms with Crippen molar-refractivity contribution >= 4 is 0 Å². The number of hydrogen-bond acceptors (Lipinski definition) is 2. The lowest BCUT2D eigenvalue weighted by atomic mass is 10.4. The molecule has 1 heterocycles. The molecule has 3 nitrogen and oxygen atoms in total. The standard InChI is InChI=1S/C8H13NO2/c1-7-2-3-8(11-7)6-9-4-5-10/h2-3,9-10H,4-6H2,1H3/p+1. The van der Waals surface area contributed by atoms with Crippen LogP contribution in [0.5, 0.6) is 0 Å². The summed E-state index contributed by atoms with van der Waals surface area (Å²) in [6.07, 6.45) is 0. The van der Waals surface area contributed by atoms with Crippen molar-refractivity contribution in [2.24, 2.45) is 0 Å². The van der Waals surface area contributed by atoms with Crippen LogP contribution >= 0.6 is 0 Å². The van der Waals surface area contributed by atoms with Crippen LogP contribution in [0.15, 0.2) is 16.5 Å². The van der Waals surface area contributed by atoms with E-state index in [2.05, 4.69) is 0 Å². The Bertz CT molecular complexity index is 208. The molecule has 0 amide bonds. The van der Waals surface area contributed by atoms with E-state index in [1.165, 1.54) is 0 Å². The van der Waals surface area contributed by atoms with E-state index in [-0.39, 0.29) is 6.61 Å². The van der Waals surface area contributed by atoms with Crippen LogP contribution in [0.25, 0.3) is 0 Å². The third kappa shape index (κ3) is 2.74. The fourth-order valence-electron chi connectivity index (χ4n) is 0.930. The fourth-order valence-corrected chi connectivity index (χ4v) is 0.930. The first-order chi connectivity index (χ1) is 5.33. The van der Waals surface area contributed by atoms with E-state index in [1.807, 2.05) is 24.4 Å². The van der Waals surface area contributed by atoms with Crippen LogP contribution in [-0.4, -0.2) is 18.3 Å². The van der Waals surface area contributed by atoms with Gasteiger partial charge in [0.15, 0.2) is 5.76 Å². The SMILES string of the molecule is Cc1ccc(C[NH2+]CCO)o1. The fraction of sp³-hybridized carbons (Fsp3) is 0.500. The summed E-state index contributed by atoms with van der Waals surface area (Å²) in [5, 5.41) is 10.5. The van der Waals surface area contributed by atoms with Crippen molar-refractivity contribution < 1.29 is 14.8 Å². The van der Waals surface area contributed by atoms with Gasteiger partial charge in [-0.05, 0) is 19.1 Å². The summed E-state index contributed by atoms with van der Waals surface area (Å²) >= 11 is 0. The summed E-state index contributed by atoms with van der Waals surface area (Å²) in [5.41, 5.74) is 0. The second-order valence-electron chi connectivity index (χ2n) is 2.52. The molecule has 1 aromatic heterocycles. The van der Waals surface area contributed by atoms with Gasteiger partial charge >= 0.3 is 0 Å². The van der Waals surface area contributed by atoms with Crippen molar-refractivity contribution in [1.82, 2.24) is 0 Å². The molecule has 0 aliphatic rings. The van der Waals surface area contributed by atoms with Crippen LogP contribution < -0.4 is 5.32 Å². The number of aryl methyl sites for hydroxylation is 1. The highest BCUT2D eigenvalue weighted by molar-refractivity contribution is 5.03. The monoisotopic (exact) mass is 156 g/mol. The summed E-state index contributed by atoms with van der Waals surface area (Å²) in [6, 6.07) is 3.91. The van der Waals surface area contributed by atoms with Crippen molar-refractivity contribution in [3.63, 3.8) is 0 Å². The van der Waals surface area contributed by atoms with Crippen molar-refractivity contribution in [1.29, 1.82) is 0 Å². The molecule has 0 atom stereocenters. The maximum absolute atomic E-state index is 8.49. The molecular weight excluding hydrogens is 142 g/mol. The van der Waals surface area contributed by atoms with Gasteiger partial charge in [0.25, 0.3) is 0 Å². The summed E-state index contributed by atoms with van der Waals surface area (Å²) < 4.78 is 5.32. The molecule has 62 valence electrons. The van der Waals surface area contributed by atoms with E-state index < -0.39 is 0 Å². The molecule has 0 saturated heterocycles. The van der Waals surface area contributed by atoms with Crippen LogP contribution in [0, 0.1) is 6.92 Å². The summed E-state index contributed by atoms with van der Waals surface area (Å²) in [4.78, 5) is 0. The van der Waals surface area contributed by atoms with E-state index in [0.717, 1.165) is 24.6 Å². The molecule has 0 radical (unpaired) electrons. The topological polar surface area (TPSA) is 50.0 Å². The first-order valence-corrected chi connectivity index (χ1v) is 3.81. The molecule has 0 fully saturated rings. The molecule has 0 aliphatic heterocycles. The summed E-state index contributed by atoms with van der Waals surface area (Å²) in [7, 11) is 0. The van der Waals surface area contributed by atoms with E-state index in [4.69, 9.17) is 9.52 Å². The molecule has 0 spiro atoms. The van der Waals surface area contributed by atoms with Crippen LogP contribution in [0.1, 0.15) is 11.5 Å². The van der Waals surface area contributed by atoms with Gasteiger partial charge in [0, 0.05) is 0 Å². The van der Waals surface area contributed by atoms with Crippen molar-refractivity contribution in [3.8, 4) is 0 Å². The van der Waals surface area contributed by atoms with Gasteiger partial charge in [0.1, 0.15) is 12.3 Å². The van der Waals surface area contributed by atoms with E-state index in [1.54, 1.807) is 0 Å². The maximum Gasteiger partial charge on any atom is 0.158 e. The zero-order valence-electron chi connectivity index (χ0n) is 6.71. The molecule has 11 heavy (non-hydrogen) atoms. The number of rotatable bonds is 4. The third-order valence-corrected chi connectivity index (χ3v) is 1.47. The van der Waals surface area contributed by atoms with Crippen LogP contribution in [0.2, 0.25) is 0 Å². The lowest BCUT2D eigenvalue weighted by molar-refractivity contribution is -0.673. The zero-order chi connectivity index (χ0) is 8.10. The Morgan fingerprint density at radius 3 is 2.91 bits per heavy atom. The Morgan fingerprint density at radius 1 is 1.55 bits per heavy atom. The predicted octanol–water partition coefficient (Wildman–Crippen LogP) is -0.356. The van der Waals surface area contributed by atoms with Crippen LogP contribution in [0.3, 0.4) is 0 Å². The molecule has 0 saturated carbocycles. The van der Waals surface area contributed by atoms with Gasteiger partial charge in [-0.15, -0.1) is 0 Å². The molecule has 1 aromatic rings. The van der Waals surface area contributed by atoms with Gasteiger partial charge in [0.05, 0.1) is 13.2 Å². The van der Waals surface area contributed by atoms with Gasteiger partial charge in [-0.25, -0.2) is 0 Å². The largest absolute Gasteiger partial charge is 0.460 e. The zero-order valence-corrected chi connectivity index (χ0v) is 6.71. The highest BCUT2D eigenvalue weighted by atomic mass is 16.3. The van der Waals surface area contributed by atoms with E-state index >= 15 is 0 Å². The first-order valence-electron chi connectivity index (χ1n) is 3.81. The maximum atomic E-state index is 8.49. The molecule has 0 unspecified atom stereocenters. The molecular formula is C8H14NO2+. The van der Waals surface area contributed by atoms with Crippen molar-refractivity contribution in [3.05, 3.63) is 23.7 Å². The van der Waals surface area contributed by atoms with Crippen LogP contribution in [-0.2, 0) is 6.54 Å². The van der Waals surface area contributed by atoms with Crippen molar-refractivity contribution in [2.75, 3.05) is 13.2 Å². The van der Waals surface area contributed by atoms with Gasteiger partial charge in [-0.2, -0.15) is 0 Å². The Balaban J connectivity index is 2.27. The van der Waals surface area contributed by atoms with Gasteiger partial charge in [-0.3, -0.25) is 0 Å². The molecule has 0 bridgehead atoms. The Labute approximate surface area is 66.0 Å². The number of furan rings is 1. The normalized spacial score (nSPS) is 10.4. The smallest absolute Gasteiger partial charge is 0.158 e. The minimum Gasteiger partial charge on any atom is -0.460 e. The lowest BCUT2D eigenvalue weighted by Crippen LogP contribution is -2.83. The van der Waals surface area contributed by atoms with Crippen molar-refractivity contribution in [2.45, 2.75) is 13.5 Å². The number of aliphatic hydroxyl groups is 1. The third-order valence-electron chi connectivity index (χ3n) is 1.47. The highest BCUT2D eigenvalue weighted by Gasteiger charge is 1.98. The quantitative estimate of drug-likeness (QED) is 0.585. The first kappa shape index (κ1) is 8.30. The average molecular weight is 156 g/mol. The molecule has 0 aliphatic carbocycles.